The molecule has 0 unspecified atom stereocenters. The smallest absolute Gasteiger partial charge is 0.191 e. The zero-order chi connectivity index (χ0) is 18.9. The number of para-hydroxylation sites is 1. The van der Waals surface area contributed by atoms with Crippen LogP contribution in [0.5, 0.6) is 0 Å². The molecule has 2 aromatic heterocycles. The summed E-state index contributed by atoms with van der Waals surface area (Å²) in [4.78, 5) is 14.9. The van der Waals surface area contributed by atoms with Crippen LogP contribution >= 0.6 is 35.3 Å². The molecule has 3 aromatic rings. The number of pyridine rings is 1. The third-order valence-electron chi connectivity index (χ3n) is 3.93. The summed E-state index contributed by atoms with van der Waals surface area (Å²) in [6, 6.07) is 12.2. The van der Waals surface area contributed by atoms with Crippen molar-refractivity contribution in [2.45, 2.75) is 20.3 Å². The van der Waals surface area contributed by atoms with Gasteiger partial charge in [-0.05, 0) is 32.0 Å². The molecule has 0 saturated carbocycles. The molecule has 28 heavy (non-hydrogen) atoms. The van der Waals surface area contributed by atoms with Crippen molar-refractivity contribution in [3.05, 3.63) is 52.5 Å². The summed E-state index contributed by atoms with van der Waals surface area (Å²) < 4.78 is 0. The molecule has 0 fully saturated rings. The Morgan fingerprint density at radius 3 is 2.75 bits per heavy atom. The van der Waals surface area contributed by atoms with E-state index in [4.69, 9.17) is 0 Å². The summed E-state index contributed by atoms with van der Waals surface area (Å²) in [6.45, 7) is 7.23. The molecule has 0 radical (unpaired) electrons. The van der Waals surface area contributed by atoms with Gasteiger partial charge >= 0.3 is 0 Å². The highest BCUT2D eigenvalue weighted by atomic mass is 127. The number of aliphatic imine (C=N–C) groups is 1. The van der Waals surface area contributed by atoms with E-state index >= 15 is 0 Å². The van der Waals surface area contributed by atoms with Crippen molar-refractivity contribution in [2.75, 3.05) is 31.5 Å². The number of halogens is 1. The molecular weight excluding hydrogens is 483 g/mol. The van der Waals surface area contributed by atoms with Crippen LogP contribution in [0.1, 0.15) is 16.8 Å². The molecule has 3 N–H and O–H groups in total. The molecule has 6 nitrogen and oxygen atoms in total. The van der Waals surface area contributed by atoms with Crippen molar-refractivity contribution in [3.63, 3.8) is 0 Å². The van der Waals surface area contributed by atoms with E-state index in [1.807, 2.05) is 30.5 Å². The molecule has 8 heteroatoms. The van der Waals surface area contributed by atoms with Gasteiger partial charge in [-0.1, -0.05) is 18.2 Å². The fraction of sp³-hybridized carbons (Fsp3) is 0.350. The Balaban J connectivity index is 0.00000280. The number of anilines is 1. The third kappa shape index (κ3) is 6.90. The first-order valence-corrected chi connectivity index (χ1v) is 10.1. The van der Waals surface area contributed by atoms with Crippen LogP contribution in [-0.4, -0.2) is 42.1 Å². The monoisotopic (exact) mass is 510 g/mol. The lowest BCUT2D eigenvalue weighted by atomic mass is 10.2. The van der Waals surface area contributed by atoms with Gasteiger partial charge in [-0.25, -0.2) is 9.97 Å². The van der Waals surface area contributed by atoms with Gasteiger partial charge in [-0.3, -0.25) is 4.99 Å². The molecular formula is C20H27IN6S. The van der Waals surface area contributed by atoms with E-state index in [-0.39, 0.29) is 24.0 Å². The first-order chi connectivity index (χ1) is 13.2. The summed E-state index contributed by atoms with van der Waals surface area (Å²) in [7, 11) is 0. The normalized spacial score (nSPS) is 11.1. The first kappa shape index (κ1) is 22.4. The number of nitrogens with one attached hydrogen (secondary N) is 3. The molecule has 150 valence electrons. The molecule has 0 bridgehead atoms. The molecule has 0 aliphatic heterocycles. The Kier molecular flexibility index (Phi) is 9.42. The number of rotatable bonds is 8. The van der Waals surface area contributed by atoms with E-state index in [1.54, 1.807) is 11.3 Å². The van der Waals surface area contributed by atoms with Crippen molar-refractivity contribution in [2.24, 2.45) is 4.99 Å². The number of aromatic nitrogens is 2. The highest BCUT2D eigenvalue weighted by Gasteiger charge is 2.01. The fourth-order valence-corrected chi connectivity index (χ4v) is 3.43. The molecule has 0 spiro atoms. The van der Waals surface area contributed by atoms with Crippen LogP contribution in [-0.2, 0) is 6.42 Å². The molecule has 3 rings (SSSR count). The van der Waals surface area contributed by atoms with Gasteiger partial charge in [0.25, 0.3) is 0 Å². The zero-order valence-corrected chi connectivity index (χ0v) is 19.4. The van der Waals surface area contributed by atoms with Gasteiger partial charge in [-0.15, -0.1) is 35.3 Å². The maximum atomic E-state index is 4.62. The molecule has 1 aromatic carbocycles. The van der Waals surface area contributed by atoms with Crippen LogP contribution in [0.25, 0.3) is 10.9 Å². The van der Waals surface area contributed by atoms with Crippen molar-refractivity contribution in [1.82, 2.24) is 20.6 Å². The van der Waals surface area contributed by atoms with Crippen molar-refractivity contribution < 1.29 is 0 Å². The predicted octanol–water partition coefficient (Wildman–Crippen LogP) is 3.83. The number of aryl methyl sites for hydroxylation is 1. The lowest BCUT2D eigenvalue weighted by molar-refractivity contribution is 0.813. The predicted molar refractivity (Wildman–Crippen MR) is 130 cm³/mol. The highest BCUT2D eigenvalue weighted by Crippen LogP contribution is 2.14. The van der Waals surface area contributed by atoms with Crippen LogP contribution in [0, 0.1) is 6.92 Å². The summed E-state index contributed by atoms with van der Waals surface area (Å²) in [5, 5.41) is 12.3. The summed E-state index contributed by atoms with van der Waals surface area (Å²) in [6.07, 6.45) is 2.79. The second kappa shape index (κ2) is 11.8. The number of hydrogen-bond acceptors (Lipinski definition) is 5. The fourth-order valence-electron chi connectivity index (χ4n) is 2.66. The first-order valence-electron chi connectivity index (χ1n) is 9.28. The number of guanidine groups is 1. The average Bonchev–Trinajstić information content (AvgIpc) is 3.10. The molecule has 0 saturated heterocycles. The van der Waals surface area contributed by atoms with Crippen molar-refractivity contribution in [1.29, 1.82) is 0 Å². The second-order valence-corrected chi connectivity index (χ2v) is 7.44. The number of fused-ring (bicyclic) bond motifs is 1. The minimum atomic E-state index is 0. The number of benzene rings is 1. The maximum Gasteiger partial charge on any atom is 0.191 e. The Morgan fingerprint density at radius 1 is 1.11 bits per heavy atom. The Labute approximate surface area is 187 Å². The second-order valence-electron chi connectivity index (χ2n) is 6.12. The number of thiazole rings is 1. The molecule has 0 atom stereocenters. The Morgan fingerprint density at radius 2 is 1.96 bits per heavy atom. The van der Waals surface area contributed by atoms with Crippen molar-refractivity contribution >= 4 is 58.0 Å². The minimum Gasteiger partial charge on any atom is -0.368 e. The average molecular weight is 510 g/mol. The maximum absolute atomic E-state index is 4.62. The summed E-state index contributed by atoms with van der Waals surface area (Å²) in [5.74, 6) is 1.72. The molecule has 0 amide bonds. The minimum absolute atomic E-state index is 0. The number of hydrogen-bond donors (Lipinski definition) is 3. The Hall–Kier alpha value is -1.94. The van der Waals surface area contributed by atoms with Gasteiger partial charge in [-0.2, -0.15) is 0 Å². The lowest BCUT2D eigenvalue weighted by Gasteiger charge is -2.12. The molecule has 2 heterocycles. The number of nitrogens with zero attached hydrogens (tertiary/aromatic N) is 3. The van der Waals surface area contributed by atoms with Gasteiger partial charge < -0.3 is 16.0 Å². The van der Waals surface area contributed by atoms with E-state index in [0.29, 0.717) is 0 Å². The van der Waals surface area contributed by atoms with Crippen LogP contribution in [0.15, 0.2) is 47.6 Å². The lowest BCUT2D eigenvalue weighted by Crippen LogP contribution is -2.39. The van der Waals surface area contributed by atoms with E-state index in [9.17, 15) is 0 Å². The zero-order valence-electron chi connectivity index (χ0n) is 16.2. The van der Waals surface area contributed by atoms with E-state index in [0.717, 1.165) is 60.3 Å². The van der Waals surface area contributed by atoms with Crippen LogP contribution in [0.4, 0.5) is 5.82 Å². The van der Waals surface area contributed by atoms with Gasteiger partial charge in [0.1, 0.15) is 5.82 Å². The molecule has 0 aliphatic carbocycles. The van der Waals surface area contributed by atoms with E-state index in [1.165, 1.54) is 4.88 Å². The Bertz CT molecular complexity index is 895. The third-order valence-corrected chi connectivity index (χ3v) is 4.90. The largest absolute Gasteiger partial charge is 0.368 e. The highest BCUT2D eigenvalue weighted by molar-refractivity contribution is 14.0. The van der Waals surface area contributed by atoms with Gasteiger partial charge in [0, 0.05) is 49.1 Å². The quantitative estimate of drug-likeness (QED) is 0.186. The van der Waals surface area contributed by atoms with Crippen LogP contribution in [0.3, 0.4) is 0 Å². The van der Waals surface area contributed by atoms with Crippen molar-refractivity contribution in [3.8, 4) is 0 Å². The van der Waals surface area contributed by atoms with Gasteiger partial charge in [0.15, 0.2) is 5.96 Å². The van der Waals surface area contributed by atoms with Gasteiger partial charge in [0.05, 0.1) is 10.5 Å². The topological polar surface area (TPSA) is 74.2 Å². The molecule has 0 aliphatic rings. The standard InChI is InChI=1S/C20H26N6S.HI/c1-3-21-20(23-11-10-19-25-14-15(2)27-19)24-13-12-22-18-9-8-16-6-4-5-7-17(16)26-18;/h4-9,14H,3,10-13H2,1-2H3,(H,22,26)(H2,21,23,24);1H. The SMILES string of the molecule is CCNC(=NCCc1ncc(C)s1)NCCNc1ccc2ccccc2n1.I. The van der Waals surface area contributed by atoms with E-state index in [2.05, 4.69) is 56.9 Å². The van der Waals surface area contributed by atoms with Crippen LogP contribution < -0.4 is 16.0 Å². The summed E-state index contributed by atoms with van der Waals surface area (Å²) >= 11 is 1.73. The van der Waals surface area contributed by atoms with Gasteiger partial charge in [0.2, 0.25) is 0 Å². The van der Waals surface area contributed by atoms with Crippen LogP contribution in [0.2, 0.25) is 0 Å². The summed E-state index contributed by atoms with van der Waals surface area (Å²) in [5.41, 5.74) is 1.00. The van der Waals surface area contributed by atoms with E-state index < -0.39 is 0 Å².